The van der Waals surface area contributed by atoms with Gasteiger partial charge in [-0.2, -0.15) is 0 Å². The van der Waals surface area contributed by atoms with E-state index in [0.717, 1.165) is 11.1 Å². The molecule has 0 heterocycles. The topological polar surface area (TPSA) is 86.6 Å². The predicted molar refractivity (Wildman–Crippen MR) is 61.5 cm³/mol. The van der Waals surface area contributed by atoms with E-state index in [4.69, 9.17) is 10.2 Å². The van der Waals surface area contributed by atoms with Crippen molar-refractivity contribution in [2.75, 3.05) is 6.54 Å². The zero-order chi connectivity index (χ0) is 12.8. The molecule has 0 saturated heterocycles. The number of aryl methyl sites for hydroxylation is 1. The lowest BCUT2D eigenvalue weighted by atomic mass is 10.1. The molecule has 17 heavy (non-hydrogen) atoms. The summed E-state index contributed by atoms with van der Waals surface area (Å²) in [5, 5.41) is 19.8. The van der Waals surface area contributed by atoms with E-state index < -0.39 is 12.1 Å². The highest BCUT2D eigenvalue weighted by Crippen LogP contribution is 2.04. The maximum atomic E-state index is 11.4. The highest BCUT2D eigenvalue weighted by molar-refractivity contribution is 5.80. The van der Waals surface area contributed by atoms with Gasteiger partial charge in [0.2, 0.25) is 5.91 Å². The van der Waals surface area contributed by atoms with Crippen molar-refractivity contribution in [3.63, 3.8) is 0 Å². The van der Waals surface area contributed by atoms with Crippen molar-refractivity contribution in [2.45, 2.75) is 19.4 Å². The molecule has 0 spiro atoms. The van der Waals surface area contributed by atoms with Crippen molar-refractivity contribution >= 4 is 11.9 Å². The van der Waals surface area contributed by atoms with Crippen molar-refractivity contribution in [3.8, 4) is 0 Å². The second kappa shape index (κ2) is 6.00. The van der Waals surface area contributed by atoms with E-state index in [-0.39, 0.29) is 18.9 Å². The lowest BCUT2D eigenvalue weighted by molar-refractivity contribution is -0.146. The Labute approximate surface area is 99.1 Å². The average molecular weight is 237 g/mol. The zero-order valence-electron chi connectivity index (χ0n) is 9.51. The lowest BCUT2D eigenvalue weighted by Gasteiger charge is -2.08. The molecule has 0 fully saturated rings. The van der Waals surface area contributed by atoms with Crippen LogP contribution in [0.1, 0.15) is 11.1 Å². The monoisotopic (exact) mass is 237 g/mol. The number of hydrogen-bond acceptors (Lipinski definition) is 3. The highest BCUT2D eigenvalue weighted by atomic mass is 16.4. The van der Waals surface area contributed by atoms with Gasteiger partial charge in [0.15, 0.2) is 6.10 Å². The van der Waals surface area contributed by atoms with Gasteiger partial charge in [0.05, 0.1) is 13.0 Å². The van der Waals surface area contributed by atoms with Gasteiger partial charge in [-0.05, 0) is 12.5 Å². The van der Waals surface area contributed by atoms with Crippen LogP contribution in [0.25, 0.3) is 0 Å². The number of benzene rings is 1. The molecule has 1 aromatic carbocycles. The molecular formula is C12H15NO4. The second-order valence-electron chi connectivity index (χ2n) is 3.82. The molecule has 0 aromatic heterocycles. The maximum Gasteiger partial charge on any atom is 0.334 e. The van der Waals surface area contributed by atoms with Crippen LogP contribution in [0.15, 0.2) is 24.3 Å². The number of carbonyl (C=O) groups excluding carboxylic acids is 1. The van der Waals surface area contributed by atoms with Crippen molar-refractivity contribution in [1.82, 2.24) is 5.32 Å². The van der Waals surface area contributed by atoms with E-state index >= 15 is 0 Å². The summed E-state index contributed by atoms with van der Waals surface area (Å²) in [5.41, 5.74) is 1.91. The van der Waals surface area contributed by atoms with Crippen LogP contribution in [0, 0.1) is 6.92 Å². The van der Waals surface area contributed by atoms with E-state index in [1.54, 1.807) is 0 Å². The van der Waals surface area contributed by atoms with Gasteiger partial charge in [0.1, 0.15) is 0 Å². The first-order valence-corrected chi connectivity index (χ1v) is 5.22. The van der Waals surface area contributed by atoms with E-state index in [0.29, 0.717) is 0 Å². The molecule has 5 nitrogen and oxygen atoms in total. The Balaban J connectivity index is 2.42. The minimum absolute atomic E-state index is 0.175. The lowest BCUT2D eigenvalue weighted by Crippen LogP contribution is -2.37. The molecule has 0 aliphatic carbocycles. The molecule has 1 atom stereocenters. The molecule has 0 saturated carbocycles. The highest BCUT2D eigenvalue weighted by Gasteiger charge is 2.14. The van der Waals surface area contributed by atoms with Crippen LogP contribution in [0.4, 0.5) is 0 Å². The minimum atomic E-state index is -1.56. The van der Waals surface area contributed by atoms with E-state index in [1.807, 2.05) is 31.2 Å². The van der Waals surface area contributed by atoms with E-state index in [2.05, 4.69) is 5.32 Å². The normalized spacial score (nSPS) is 11.9. The number of amides is 1. The molecule has 0 radical (unpaired) electrons. The Morgan fingerprint density at radius 1 is 1.41 bits per heavy atom. The molecule has 3 N–H and O–H groups in total. The molecular weight excluding hydrogens is 222 g/mol. The van der Waals surface area contributed by atoms with Crippen LogP contribution < -0.4 is 5.32 Å². The van der Waals surface area contributed by atoms with Crippen molar-refractivity contribution in [3.05, 3.63) is 35.4 Å². The van der Waals surface area contributed by atoms with Crippen LogP contribution in [0.5, 0.6) is 0 Å². The van der Waals surface area contributed by atoms with Gasteiger partial charge in [-0.1, -0.05) is 29.8 Å². The third-order valence-electron chi connectivity index (χ3n) is 2.22. The van der Waals surface area contributed by atoms with E-state index in [9.17, 15) is 9.59 Å². The van der Waals surface area contributed by atoms with Gasteiger partial charge in [0.25, 0.3) is 0 Å². The fourth-order valence-corrected chi connectivity index (χ4v) is 1.37. The molecule has 0 bridgehead atoms. The maximum absolute atomic E-state index is 11.4. The van der Waals surface area contributed by atoms with Crippen molar-refractivity contribution in [1.29, 1.82) is 0 Å². The summed E-state index contributed by atoms with van der Waals surface area (Å²) in [7, 11) is 0. The van der Waals surface area contributed by atoms with Crippen LogP contribution in [-0.2, 0) is 16.0 Å². The van der Waals surface area contributed by atoms with Crippen LogP contribution in [0.3, 0.4) is 0 Å². The molecule has 1 rings (SSSR count). The zero-order valence-corrected chi connectivity index (χ0v) is 9.51. The van der Waals surface area contributed by atoms with Crippen LogP contribution >= 0.6 is 0 Å². The summed E-state index contributed by atoms with van der Waals surface area (Å²) >= 11 is 0. The number of carbonyl (C=O) groups is 2. The number of rotatable bonds is 5. The fraction of sp³-hybridized carbons (Fsp3) is 0.333. The van der Waals surface area contributed by atoms with Gasteiger partial charge >= 0.3 is 5.97 Å². The first kappa shape index (κ1) is 13.2. The summed E-state index contributed by atoms with van der Waals surface area (Å²) in [4.78, 5) is 21.7. The predicted octanol–water partition coefficient (Wildman–Crippen LogP) is 0.0992. The first-order chi connectivity index (χ1) is 7.99. The Kier molecular flexibility index (Phi) is 4.66. The third-order valence-corrected chi connectivity index (χ3v) is 2.22. The van der Waals surface area contributed by atoms with Gasteiger partial charge in [-0.3, -0.25) is 4.79 Å². The number of aliphatic hydroxyl groups is 1. The molecule has 0 aliphatic rings. The molecule has 1 amide bonds. The van der Waals surface area contributed by atoms with Gasteiger partial charge in [0, 0.05) is 0 Å². The molecule has 92 valence electrons. The van der Waals surface area contributed by atoms with E-state index in [1.165, 1.54) is 0 Å². The van der Waals surface area contributed by atoms with Crippen LogP contribution in [-0.4, -0.2) is 34.7 Å². The molecule has 0 unspecified atom stereocenters. The minimum Gasteiger partial charge on any atom is -0.479 e. The Bertz CT molecular complexity index is 417. The fourth-order valence-electron chi connectivity index (χ4n) is 1.37. The second-order valence-corrected chi connectivity index (χ2v) is 3.82. The number of nitrogens with one attached hydrogen (secondary N) is 1. The summed E-state index contributed by atoms with van der Waals surface area (Å²) in [5.74, 6) is -1.66. The smallest absolute Gasteiger partial charge is 0.334 e. The summed E-state index contributed by atoms with van der Waals surface area (Å²) < 4.78 is 0. The third kappa shape index (κ3) is 4.65. The number of aliphatic hydroxyl groups excluding tert-OH is 1. The number of aliphatic carboxylic acids is 1. The molecule has 0 aliphatic heterocycles. The summed E-state index contributed by atoms with van der Waals surface area (Å²) in [6.07, 6.45) is -1.38. The first-order valence-electron chi connectivity index (χ1n) is 5.22. The summed E-state index contributed by atoms with van der Waals surface area (Å²) in [6.45, 7) is 1.65. The largest absolute Gasteiger partial charge is 0.479 e. The van der Waals surface area contributed by atoms with Gasteiger partial charge in [-0.15, -0.1) is 0 Å². The summed E-state index contributed by atoms with van der Waals surface area (Å²) in [6, 6.07) is 7.48. The Morgan fingerprint density at radius 2 is 2.12 bits per heavy atom. The average Bonchev–Trinajstić information content (AvgIpc) is 2.25. The van der Waals surface area contributed by atoms with Crippen molar-refractivity contribution < 1.29 is 19.8 Å². The van der Waals surface area contributed by atoms with Gasteiger partial charge in [-0.25, -0.2) is 4.79 Å². The van der Waals surface area contributed by atoms with Gasteiger partial charge < -0.3 is 15.5 Å². The Morgan fingerprint density at radius 3 is 2.71 bits per heavy atom. The van der Waals surface area contributed by atoms with Crippen molar-refractivity contribution in [2.24, 2.45) is 0 Å². The Hall–Kier alpha value is -1.88. The number of carboxylic acid groups (broad SMARTS) is 1. The standard InChI is InChI=1S/C12H15NO4/c1-8-3-2-4-9(5-8)6-11(15)13-7-10(14)12(16)17/h2-5,10,14H,6-7H2,1H3,(H,13,15)(H,16,17)/t10-/m0/s1. The molecule has 5 heteroatoms. The molecule has 1 aromatic rings. The quantitative estimate of drug-likeness (QED) is 0.678. The SMILES string of the molecule is Cc1cccc(CC(=O)NC[C@H](O)C(=O)O)c1. The number of carboxylic acids is 1. The number of hydrogen-bond donors (Lipinski definition) is 3. The van der Waals surface area contributed by atoms with Crippen LogP contribution in [0.2, 0.25) is 0 Å².